The van der Waals surface area contributed by atoms with Crippen molar-refractivity contribution in [1.29, 1.82) is 0 Å². The summed E-state index contributed by atoms with van der Waals surface area (Å²) in [7, 11) is 0. The van der Waals surface area contributed by atoms with Crippen molar-refractivity contribution in [1.82, 2.24) is 14.8 Å². The predicted molar refractivity (Wildman–Crippen MR) is 138 cm³/mol. The number of halogens is 1. The summed E-state index contributed by atoms with van der Waals surface area (Å²) in [5.41, 5.74) is 5.64. The van der Waals surface area contributed by atoms with E-state index in [0.717, 1.165) is 38.1 Å². The number of carbonyl (C=O) groups is 1. The van der Waals surface area contributed by atoms with Gasteiger partial charge in [-0.2, -0.15) is 5.10 Å². The van der Waals surface area contributed by atoms with Gasteiger partial charge in [-0.15, -0.1) is 11.3 Å². The van der Waals surface area contributed by atoms with Crippen LogP contribution in [0.4, 0.5) is 5.13 Å². The minimum atomic E-state index is -0.172. The summed E-state index contributed by atoms with van der Waals surface area (Å²) in [4.78, 5) is 17.4. The number of nitrogens with one attached hydrogen (secondary N) is 1. The van der Waals surface area contributed by atoms with E-state index in [2.05, 4.69) is 55.6 Å². The molecule has 5 nitrogen and oxygen atoms in total. The van der Waals surface area contributed by atoms with Crippen LogP contribution in [-0.4, -0.2) is 20.7 Å². The first-order valence-corrected chi connectivity index (χ1v) is 12.2. The molecule has 2 heterocycles. The second-order valence-corrected chi connectivity index (χ2v) is 9.51. The van der Waals surface area contributed by atoms with E-state index in [1.54, 1.807) is 0 Å². The molecule has 0 radical (unpaired) electrons. The Morgan fingerprint density at radius 2 is 1.79 bits per heavy atom. The highest BCUT2D eigenvalue weighted by atomic mass is 79.9. The maximum Gasteiger partial charge on any atom is 0.257 e. The third-order valence-corrected chi connectivity index (χ3v) is 7.54. The van der Waals surface area contributed by atoms with E-state index in [-0.39, 0.29) is 5.91 Å². The van der Waals surface area contributed by atoms with Gasteiger partial charge in [0.15, 0.2) is 5.13 Å². The van der Waals surface area contributed by atoms with Gasteiger partial charge in [-0.05, 0) is 58.2 Å². The molecule has 0 aliphatic rings. The minimum absolute atomic E-state index is 0.172. The zero-order valence-electron chi connectivity index (χ0n) is 18.2. The highest BCUT2D eigenvalue weighted by Gasteiger charge is 2.13. The molecule has 5 rings (SSSR count). The molecule has 0 saturated heterocycles. The molecule has 0 unspecified atom stereocenters. The van der Waals surface area contributed by atoms with Gasteiger partial charge in [0.25, 0.3) is 5.91 Å². The molecule has 0 fully saturated rings. The van der Waals surface area contributed by atoms with Crippen LogP contribution in [0.3, 0.4) is 0 Å². The Labute approximate surface area is 204 Å². The van der Waals surface area contributed by atoms with E-state index in [9.17, 15) is 4.79 Å². The van der Waals surface area contributed by atoms with Crippen molar-refractivity contribution in [3.05, 3.63) is 99.1 Å². The Hall–Kier alpha value is -3.29. The molecule has 0 saturated carbocycles. The van der Waals surface area contributed by atoms with E-state index in [1.165, 1.54) is 16.7 Å². The molecule has 0 bridgehead atoms. The summed E-state index contributed by atoms with van der Waals surface area (Å²) in [6.07, 6.45) is 0. The topological polar surface area (TPSA) is 59.8 Å². The normalized spacial score (nSPS) is 11.1. The first-order valence-electron chi connectivity index (χ1n) is 10.5. The van der Waals surface area contributed by atoms with Gasteiger partial charge in [-0.1, -0.05) is 54.6 Å². The molecule has 164 valence electrons. The Morgan fingerprint density at radius 1 is 1.03 bits per heavy atom. The number of hydrogen-bond acceptors (Lipinski definition) is 4. The molecular weight excluding hydrogens is 496 g/mol. The van der Waals surface area contributed by atoms with Gasteiger partial charge in [0.05, 0.1) is 28.1 Å². The van der Waals surface area contributed by atoms with Crippen LogP contribution in [0.5, 0.6) is 0 Å². The highest BCUT2D eigenvalue weighted by Crippen LogP contribution is 2.31. The Morgan fingerprint density at radius 3 is 2.55 bits per heavy atom. The van der Waals surface area contributed by atoms with Crippen molar-refractivity contribution in [2.75, 3.05) is 5.32 Å². The van der Waals surface area contributed by atoms with Crippen molar-refractivity contribution in [3.8, 4) is 11.3 Å². The van der Waals surface area contributed by atoms with Crippen molar-refractivity contribution < 1.29 is 4.79 Å². The lowest BCUT2D eigenvalue weighted by Gasteiger charge is -2.07. The number of hydrogen-bond donors (Lipinski definition) is 1. The summed E-state index contributed by atoms with van der Waals surface area (Å²) >= 11 is 4.99. The summed E-state index contributed by atoms with van der Waals surface area (Å²) in [5.74, 6) is -0.172. The molecule has 0 atom stereocenters. The number of amides is 1. The van der Waals surface area contributed by atoms with Crippen molar-refractivity contribution >= 4 is 49.1 Å². The van der Waals surface area contributed by atoms with Gasteiger partial charge in [0.2, 0.25) is 0 Å². The van der Waals surface area contributed by atoms with Crippen LogP contribution in [0.2, 0.25) is 0 Å². The van der Waals surface area contributed by atoms with Gasteiger partial charge in [0.1, 0.15) is 0 Å². The summed E-state index contributed by atoms with van der Waals surface area (Å²) in [6, 6.07) is 22.0. The monoisotopic (exact) mass is 516 g/mol. The van der Waals surface area contributed by atoms with E-state index in [4.69, 9.17) is 0 Å². The average Bonchev–Trinajstić information content (AvgIpc) is 3.39. The zero-order chi connectivity index (χ0) is 22.9. The van der Waals surface area contributed by atoms with Crippen LogP contribution in [0, 0.1) is 13.8 Å². The second kappa shape index (κ2) is 8.92. The van der Waals surface area contributed by atoms with Crippen molar-refractivity contribution in [3.63, 3.8) is 0 Å². The third kappa shape index (κ3) is 4.34. The van der Waals surface area contributed by atoms with Gasteiger partial charge in [-0.3, -0.25) is 14.8 Å². The van der Waals surface area contributed by atoms with Crippen molar-refractivity contribution in [2.45, 2.75) is 20.4 Å². The van der Waals surface area contributed by atoms with Crippen molar-refractivity contribution in [2.24, 2.45) is 0 Å². The van der Waals surface area contributed by atoms with Crippen LogP contribution in [0.25, 0.3) is 22.0 Å². The standard InChI is InChI=1S/C26H21BrN4OS/c1-16-24(27)17(2)31(30-16)14-18-10-12-20(13-11-18)25(32)29-26-28-23(15-33-26)22-9-5-7-19-6-3-4-8-21(19)22/h3-13,15H,14H2,1-2H3,(H,28,29,32). The molecule has 1 N–H and O–H groups in total. The number of nitrogens with zero attached hydrogens (tertiary/aromatic N) is 3. The maximum absolute atomic E-state index is 12.8. The largest absolute Gasteiger partial charge is 0.298 e. The van der Waals surface area contributed by atoms with Crippen LogP contribution in [0.1, 0.15) is 27.3 Å². The van der Waals surface area contributed by atoms with E-state index >= 15 is 0 Å². The second-order valence-electron chi connectivity index (χ2n) is 7.86. The number of aryl methyl sites for hydroxylation is 1. The zero-order valence-corrected chi connectivity index (χ0v) is 20.6. The fourth-order valence-electron chi connectivity index (χ4n) is 3.84. The number of fused-ring (bicyclic) bond motifs is 1. The third-order valence-electron chi connectivity index (χ3n) is 5.63. The smallest absolute Gasteiger partial charge is 0.257 e. The lowest BCUT2D eigenvalue weighted by atomic mass is 10.0. The fraction of sp³-hybridized carbons (Fsp3) is 0.115. The molecule has 7 heteroatoms. The predicted octanol–water partition coefficient (Wildman–Crippen LogP) is 6.84. The van der Waals surface area contributed by atoms with Gasteiger partial charge in [-0.25, -0.2) is 4.98 Å². The number of carbonyl (C=O) groups excluding carboxylic acids is 1. The number of benzene rings is 3. The Balaban J connectivity index is 1.30. The first-order chi connectivity index (χ1) is 16.0. The molecule has 0 spiro atoms. The Bertz CT molecular complexity index is 1460. The number of thiazole rings is 1. The highest BCUT2D eigenvalue weighted by molar-refractivity contribution is 9.10. The summed E-state index contributed by atoms with van der Waals surface area (Å²) in [5, 5.41) is 12.4. The molecule has 2 aromatic heterocycles. The van der Waals surface area contributed by atoms with Gasteiger partial charge >= 0.3 is 0 Å². The average molecular weight is 517 g/mol. The molecule has 3 aromatic carbocycles. The number of anilines is 1. The van der Waals surface area contributed by atoms with E-state index in [1.807, 2.05) is 66.4 Å². The van der Waals surface area contributed by atoms with E-state index < -0.39 is 0 Å². The maximum atomic E-state index is 12.8. The SMILES string of the molecule is Cc1nn(Cc2ccc(C(=O)Nc3nc(-c4cccc5ccccc45)cs3)cc2)c(C)c1Br. The molecule has 0 aliphatic heterocycles. The van der Waals surface area contributed by atoms with Crippen LogP contribution in [-0.2, 0) is 6.54 Å². The summed E-state index contributed by atoms with van der Waals surface area (Å²) < 4.78 is 2.99. The molecule has 1 amide bonds. The van der Waals surface area contributed by atoms with Crippen LogP contribution >= 0.6 is 27.3 Å². The quantitative estimate of drug-likeness (QED) is 0.278. The lowest BCUT2D eigenvalue weighted by Crippen LogP contribution is -2.12. The van der Waals surface area contributed by atoms with Crippen LogP contribution < -0.4 is 5.32 Å². The lowest BCUT2D eigenvalue weighted by molar-refractivity contribution is 0.102. The minimum Gasteiger partial charge on any atom is -0.298 e. The van der Waals surface area contributed by atoms with Gasteiger partial charge < -0.3 is 0 Å². The number of aromatic nitrogens is 3. The molecule has 5 aromatic rings. The molecular formula is C26H21BrN4OS. The number of rotatable bonds is 5. The fourth-order valence-corrected chi connectivity index (χ4v) is 4.83. The first kappa shape index (κ1) is 21.6. The molecule has 33 heavy (non-hydrogen) atoms. The molecule has 0 aliphatic carbocycles. The summed E-state index contributed by atoms with van der Waals surface area (Å²) in [6.45, 7) is 4.67. The van der Waals surface area contributed by atoms with Gasteiger partial charge in [0, 0.05) is 16.5 Å². The van der Waals surface area contributed by atoms with E-state index in [0.29, 0.717) is 17.2 Å². The Kier molecular flexibility index (Phi) is 5.83. The van der Waals surface area contributed by atoms with Crippen LogP contribution in [0.15, 0.2) is 76.6 Å².